The zero-order valence-electron chi connectivity index (χ0n) is 18.7. The van der Waals surface area contributed by atoms with Crippen LogP contribution in [0, 0.1) is 6.92 Å². The predicted molar refractivity (Wildman–Crippen MR) is 128 cm³/mol. The number of sulfonamides is 1. The van der Waals surface area contributed by atoms with Gasteiger partial charge in [0, 0.05) is 49.2 Å². The number of nitrogens with zero attached hydrogens (tertiary/aromatic N) is 2. The van der Waals surface area contributed by atoms with Gasteiger partial charge >= 0.3 is 0 Å². The highest BCUT2D eigenvalue weighted by atomic mass is 32.2. The Hall–Kier alpha value is -2.58. The zero-order chi connectivity index (χ0) is 22.6. The smallest absolute Gasteiger partial charge is 0.255 e. The molecule has 0 atom stereocenters. The highest BCUT2D eigenvalue weighted by Gasteiger charge is 2.19. The van der Waals surface area contributed by atoms with Crippen molar-refractivity contribution in [2.24, 2.45) is 0 Å². The summed E-state index contributed by atoms with van der Waals surface area (Å²) in [6.45, 7) is 11.9. The first-order valence-corrected chi connectivity index (χ1v) is 12.4. The van der Waals surface area contributed by atoms with Gasteiger partial charge < -0.3 is 10.2 Å². The maximum Gasteiger partial charge on any atom is 0.255 e. The zero-order valence-corrected chi connectivity index (χ0v) is 19.5. The number of piperazine rings is 1. The van der Waals surface area contributed by atoms with E-state index in [9.17, 15) is 13.2 Å². The molecule has 0 unspecified atom stereocenters. The molecule has 1 saturated heterocycles. The molecule has 2 aromatic rings. The van der Waals surface area contributed by atoms with Crippen LogP contribution < -0.4 is 14.9 Å². The van der Waals surface area contributed by atoms with Crippen LogP contribution in [0.5, 0.6) is 0 Å². The Bertz CT molecular complexity index is 1010. The van der Waals surface area contributed by atoms with Gasteiger partial charge in [0.2, 0.25) is 10.0 Å². The summed E-state index contributed by atoms with van der Waals surface area (Å²) in [5, 5.41) is 2.88. The lowest BCUT2D eigenvalue weighted by Gasteiger charge is -2.38. The number of hydrogen-bond donors (Lipinski definition) is 2. The van der Waals surface area contributed by atoms with Gasteiger partial charge in [-0.05, 0) is 75.7 Å². The molecule has 2 aromatic carbocycles. The molecule has 1 aliphatic rings. The van der Waals surface area contributed by atoms with E-state index in [2.05, 4.69) is 33.7 Å². The van der Waals surface area contributed by atoms with E-state index in [0.29, 0.717) is 23.0 Å². The van der Waals surface area contributed by atoms with Crippen LogP contribution in [0.2, 0.25) is 0 Å². The molecule has 168 valence electrons. The largest absolute Gasteiger partial charge is 0.369 e. The molecule has 1 heterocycles. The Morgan fingerprint density at radius 1 is 1.03 bits per heavy atom. The summed E-state index contributed by atoms with van der Waals surface area (Å²) < 4.78 is 26.1. The van der Waals surface area contributed by atoms with E-state index in [1.807, 2.05) is 24.3 Å². The lowest BCUT2D eigenvalue weighted by molar-refractivity contribution is 0.102. The summed E-state index contributed by atoms with van der Waals surface area (Å²) in [4.78, 5) is 17.5. The molecule has 0 aromatic heterocycles. The molecule has 31 heavy (non-hydrogen) atoms. The Kier molecular flexibility index (Phi) is 7.23. The Morgan fingerprint density at radius 2 is 1.68 bits per heavy atom. The van der Waals surface area contributed by atoms with Gasteiger partial charge in [0.25, 0.3) is 5.91 Å². The lowest BCUT2D eigenvalue weighted by Crippen LogP contribution is -2.48. The molecule has 0 saturated carbocycles. The van der Waals surface area contributed by atoms with E-state index in [-0.39, 0.29) is 11.7 Å². The third-order valence-corrected chi connectivity index (χ3v) is 6.96. The number of anilines is 3. The third kappa shape index (κ3) is 5.98. The highest BCUT2D eigenvalue weighted by Crippen LogP contribution is 2.22. The van der Waals surface area contributed by atoms with Gasteiger partial charge in [0.05, 0.1) is 11.4 Å². The van der Waals surface area contributed by atoms with Gasteiger partial charge in [-0.15, -0.1) is 0 Å². The Balaban J connectivity index is 1.61. The topological polar surface area (TPSA) is 81.8 Å². The van der Waals surface area contributed by atoms with Crippen molar-refractivity contribution in [2.75, 3.05) is 46.9 Å². The molecule has 2 N–H and O–H groups in total. The highest BCUT2D eigenvalue weighted by molar-refractivity contribution is 7.92. The van der Waals surface area contributed by atoms with Crippen LogP contribution in [0.25, 0.3) is 0 Å². The third-order valence-electron chi connectivity index (χ3n) is 5.67. The lowest BCUT2D eigenvalue weighted by atomic mass is 10.1. The quantitative estimate of drug-likeness (QED) is 0.683. The molecule has 1 amide bonds. The van der Waals surface area contributed by atoms with Crippen LogP contribution in [-0.4, -0.2) is 57.2 Å². The number of hydrogen-bond acceptors (Lipinski definition) is 5. The van der Waals surface area contributed by atoms with Gasteiger partial charge in [-0.3, -0.25) is 14.4 Å². The maximum absolute atomic E-state index is 12.6. The number of amides is 1. The van der Waals surface area contributed by atoms with Crippen molar-refractivity contribution < 1.29 is 13.2 Å². The van der Waals surface area contributed by atoms with Crippen LogP contribution in [0.1, 0.15) is 36.7 Å². The number of rotatable bonds is 7. The summed E-state index contributed by atoms with van der Waals surface area (Å²) >= 11 is 0. The summed E-state index contributed by atoms with van der Waals surface area (Å²) in [5.74, 6) is -0.189. The fraction of sp³-hybridized carbons (Fsp3) is 0.435. The first-order chi connectivity index (χ1) is 14.7. The fourth-order valence-electron chi connectivity index (χ4n) is 3.62. The summed E-state index contributed by atoms with van der Waals surface area (Å²) in [6.07, 6.45) is 0. The second-order valence-electron chi connectivity index (χ2n) is 8.15. The molecule has 0 bridgehead atoms. The molecular weight excluding hydrogens is 412 g/mol. The van der Waals surface area contributed by atoms with Crippen LogP contribution in [-0.2, 0) is 10.0 Å². The predicted octanol–water partition coefficient (Wildman–Crippen LogP) is 3.54. The van der Waals surface area contributed by atoms with Gasteiger partial charge in [-0.2, -0.15) is 0 Å². The molecule has 0 spiro atoms. The molecule has 0 radical (unpaired) electrons. The van der Waals surface area contributed by atoms with E-state index >= 15 is 0 Å². The number of benzene rings is 2. The van der Waals surface area contributed by atoms with Gasteiger partial charge in [0.15, 0.2) is 0 Å². The van der Waals surface area contributed by atoms with Crippen LogP contribution >= 0.6 is 0 Å². The first-order valence-electron chi connectivity index (χ1n) is 10.7. The van der Waals surface area contributed by atoms with E-state index in [4.69, 9.17) is 0 Å². The van der Waals surface area contributed by atoms with Gasteiger partial charge in [0.1, 0.15) is 0 Å². The van der Waals surface area contributed by atoms with Gasteiger partial charge in [-0.1, -0.05) is 0 Å². The molecule has 8 heteroatoms. The van der Waals surface area contributed by atoms with Crippen molar-refractivity contribution in [3.05, 3.63) is 53.6 Å². The first kappa shape index (κ1) is 23.1. The summed E-state index contributed by atoms with van der Waals surface area (Å²) in [5.41, 5.74) is 3.59. The Labute approximate surface area is 185 Å². The number of carbonyl (C=O) groups excluding carboxylic acids is 1. The SMILES string of the molecule is CCS(=O)(=O)Nc1ccc(NC(=O)c2ccc(N3CCN(C(C)C)CC3)cc2)cc1C. The minimum absolute atomic E-state index is 0.00827. The molecule has 3 rings (SSSR count). The van der Waals surface area contributed by atoms with Crippen molar-refractivity contribution in [1.82, 2.24) is 4.90 Å². The standard InChI is InChI=1S/C23H32N4O3S/c1-5-31(29,30)25-22-11-8-20(16-18(22)4)24-23(28)19-6-9-21(10-7-19)27-14-12-26(13-15-27)17(2)3/h6-11,16-17,25H,5,12-15H2,1-4H3,(H,24,28). The number of carbonyl (C=O) groups is 1. The normalized spacial score (nSPS) is 15.2. The van der Waals surface area contributed by atoms with E-state index < -0.39 is 10.0 Å². The molecule has 0 aliphatic carbocycles. The summed E-state index contributed by atoms with van der Waals surface area (Å²) in [6, 6.07) is 13.4. The van der Waals surface area contributed by atoms with E-state index in [0.717, 1.165) is 37.4 Å². The molecule has 1 aliphatic heterocycles. The molecule has 7 nitrogen and oxygen atoms in total. The number of nitrogens with one attached hydrogen (secondary N) is 2. The van der Waals surface area contributed by atoms with E-state index in [1.165, 1.54) is 0 Å². The average molecular weight is 445 g/mol. The van der Waals surface area contributed by atoms with Crippen LogP contribution in [0.3, 0.4) is 0 Å². The minimum atomic E-state index is -3.34. The van der Waals surface area contributed by atoms with Crippen molar-refractivity contribution in [3.63, 3.8) is 0 Å². The van der Waals surface area contributed by atoms with Crippen molar-refractivity contribution >= 4 is 33.0 Å². The molecule has 1 fully saturated rings. The minimum Gasteiger partial charge on any atom is -0.369 e. The van der Waals surface area contributed by atoms with Crippen molar-refractivity contribution in [3.8, 4) is 0 Å². The Morgan fingerprint density at radius 3 is 2.23 bits per heavy atom. The van der Waals surface area contributed by atoms with Crippen LogP contribution in [0.4, 0.5) is 17.1 Å². The maximum atomic E-state index is 12.6. The number of aryl methyl sites for hydroxylation is 1. The van der Waals surface area contributed by atoms with Crippen LogP contribution in [0.15, 0.2) is 42.5 Å². The second-order valence-corrected chi connectivity index (χ2v) is 10.2. The van der Waals surface area contributed by atoms with Gasteiger partial charge in [-0.25, -0.2) is 8.42 Å². The van der Waals surface area contributed by atoms with E-state index in [1.54, 1.807) is 32.0 Å². The average Bonchev–Trinajstić information content (AvgIpc) is 2.76. The molecular formula is C23H32N4O3S. The van der Waals surface area contributed by atoms with Crippen molar-refractivity contribution in [1.29, 1.82) is 0 Å². The fourth-order valence-corrected chi connectivity index (χ4v) is 4.33. The monoisotopic (exact) mass is 444 g/mol. The summed E-state index contributed by atoms with van der Waals surface area (Å²) in [7, 11) is -3.34. The second kappa shape index (κ2) is 9.70. The van der Waals surface area contributed by atoms with Crippen molar-refractivity contribution in [2.45, 2.75) is 33.7 Å².